The van der Waals surface area contributed by atoms with E-state index in [-0.39, 0.29) is 0 Å². The number of benzene rings is 2. The van der Waals surface area contributed by atoms with Crippen molar-refractivity contribution in [3.63, 3.8) is 0 Å². The molecule has 215 valence electrons. The normalized spacial score (nSPS) is 16.0. The number of unbranched alkanes of at least 4 members (excludes halogenated alkanes) is 9. The van der Waals surface area contributed by atoms with Gasteiger partial charge in [-0.15, -0.1) is 4.90 Å². The Balaban J connectivity index is 0.890. The summed E-state index contributed by atoms with van der Waals surface area (Å²) in [4.78, 5) is 9.89. The molecule has 41 heavy (non-hydrogen) atoms. The summed E-state index contributed by atoms with van der Waals surface area (Å²) in [6.45, 7) is 5.53. The van der Waals surface area contributed by atoms with E-state index in [0.717, 1.165) is 19.6 Å². The standard InChI is InChI=1S/C37H47N3S/c1-2-25-38-28-21-32(22-29-38)33-23-30-39(31-24-33)26-15-9-7-5-3-4-6-8-10-16-27-40-34-17-11-13-19-36(34)41-37-20-14-12-18-35(37)40/h11-14,17-24,28-31H,2-10,15-16,25-27H2,1H3/q+1. The number of allylic oxidation sites excluding steroid dienone is 6. The van der Waals surface area contributed by atoms with E-state index in [1.807, 2.05) is 11.8 Å². The third-order valence-electron chi connectivity index (χ3n) is 8.18. The minimum atomic E-state index is 1.08. The molecule has 0 saturated carbocycles. The van der Waals surface area contributed by atoms with E-state index in [4.69, 9.17) is 0 Å². The molecule has 2 aromatic carbocycles. The smallest absolute Gasteiger partial charge is 0.150 e. The number of nitrogens with zero attached hydrogens (tertiary/aromatic N) is 3. The fourth-order valence-electron chi connectivity index (χ4n) is 5.86. The first-order chi connectivity index (χ1) is 20.3. The maximum atomic E-state index is 2.54. The summed E-state index contributed by atoms with van der Waals surface area (Å²) >= 11 is 1.90. The molecule has 3 nitrogen and oxygen atoms in total. The van der Waals surface area contributed by atoms with Crippen molar-refractivity contribution in [2.45, 2.75) is 87.3 Å². The topological polar surface area (TPSA) is 12.4 Å². The van der Waals surface area contributed by atoms with Crippen LogP contribution >= 0.6 is 11.8 Å². The Bertz CT molecular complexity index is 1190. The van der Waals surface area contributed by atoms with Crippen LogP contribution in [0.4, 0.5) is 11.4 Å². The van der Waals surface area contributed by atoms with E-state index in [9.17, 15) is 0 Å². The lowest BCUT2D eigenvalue weighted by Crippen LogP contribution is -2.21. The summed E-state index contributed by atoms with van der Waals surface area (Å²) in [5, 5.41) is 0. The highest BCUT2D eigenvalue weighted by atomic mass is 32.2. The van der Waals surface area contributed by atoms with Crippen LogP contribution in [0.1, 0.15) is 77.6 Å². The van der Waals surface area contributed by atoms with Crippen LogP contribution in [0.25, 0.3) is 0 Å². The summed E-state index contributed by atoms with van der Waals surface area (Å²) < 4.78 is 0. The zero-order valence-corrected chi connectivity index (χ0v) is 25.7. The Kier molecular flexibility index (Phi) is 11.4. The lowest BCUT2D eigenvalue weighted by Gasteiger charge is -2.32. The summed E-state index contributed by atoms with van der Waals surface area (Å²) in [5.41, 5.74) is 5.34. The van der Waals surface area contributed by atoms with Crippen molar-refractivity contribution in [3.8, 4) is 0 Å². The highest BCUT2D eigenvalue weighted by molar-refractivity contribution is 7.99. The first kappa shape index (κ1) is 29.5. The average Bonchev–Trinajstić information content (AvgIpc) is 3.02. The first-order valence-electron chi connectivity index (χ1n) is 15.9. The number of rotatable bonds is 15. The third-order valence-corrected chi connectivity index (χ3v) is 9.31. The average molecular weight is 566 g/mol. The van der Waals surface area contributed by atoms with Crippen LogP contribution in [0.2, 0.25) is 0 Å². The quantitative estimate of drug-likeness (QED) is 0.157. The van der Waals surface area contributed by atoms with E-state index < -0.39 is 0 Å². The zero-order valence-electron chi connectivity index (χ0n) is 24.9. The Morgan fingerprint density at radius 3 is 1.63 bits per heavy atom. The van der Waals surface area contributed by atoms with Crippen molar-refractivity contribution in [3.05, 3.63) is 109 Å². The van der Waals surface area contributed by atoms with Gasteiger partial charge in [0, 0.05) is 47.4 Å². The van der Waals surface area contributed by atoms with E-state index in [0.29, 0.717) is 0 Å². The lowest BCUT2D eigenvalue weighted by molar-refractivity contribution is 0.461. The van der Waals surface area contributed by atoms with Crippen LogP contribution in [0.3, 0.4) is 0 Å². The molecule has 0 saturated heterocycles. The van der Waals surface area contributed by atoms with Crippen molar-refractivity contribution >= 4 is 23.1 Å². The Morgan fingerprint density at radius 1 is 0.585 bits per heavy atom. The van der Waals surface area contributed by atoms with Crippen molar-refractivity contribution in [2.24, 2.45) is 0 Å². The van der Waals surface area contributed by atoms with Gasteiger partial charge in [0.2, 0.25) is 0 Å². The van der Waals surface area contributed by atoms with Gasteiger partial charge >= 0.3 is 0 Å². The van der Waals surface area contributed by atoms with Gasteiger partial charge in [0.15, 0.2) is 0 Å². The molecule has 2 aromatic rings. The van der Waals surface area contributed by atoms with Gasteiger partial charge in [-0.2, -0.15) is 0 Å². The van der Waals surface area contributed by atoms with Gasteiger partial charge in [0.25, 0.3) is 0 Å². The molecular formula is C37H47N3S+. The largest absolute Gasteiger partial charge is 0.354 e. The lowest BCUT2D eigenvalue weighted by atomic mass is 10.0. The number of hydrogen-bond donors (Lipinski definition) is 0. The second-order valence-electron chi connectivity index (χ2n) is 11.4. The monoisotopic (exact) mass is 565 g/mol. The summed E-state index contributed by atoms with van der Waals surface area (Å²) in [6, 6.07) is 17.7. The molecule has 4 heteroatoms. The Hall–Kier alpha value is -2.95. The highest BCUT2D eigenvalue weighted by Gasteiger charge is 2.22. The van der Waals surface area contributed by atoms with E-state index in [2.05, 4.69) is 119 Å². The predicted molar refractivity (Wildman–Crippen MR) is 178 cm³/mol. The SMILES string of the molecule is CCC[N+]1C=CC(=C2C=CN(CCCCCCCCCCCCN3c4ccccc4Sc4ccccc43)C=C2)C=C1. The maximum absolute atomic E-state index is 2.54. The second-order valence-corrected chi connectivity index (χ2v) is 12.5. The summed E-state index contributed by atoms with van der Waals surface area (Å²) in [7, 11) is 0. The molecule has 0 N–H and O–H groups in total. The third kappa shape index (κ3) is 8.53. The number of hydrogen-bond acceptors (Lipinski definition) is 4. The fraction of sp³-hybridized carbons (Fsp3) is 0.405. The number of para-hydroxylation sites is 2. The van der Waals surface area contributed by atoms with Gasteiger partial charge in [0.05, 0.1) is 11.4 Å². The fourth-order valence-corrected chi connectivity index (χ4v) is 6.95. The molecule has 3 aliphatic heterocycles. The van der Waals surface area contributed by atoms with Gasteiger partial charge in [-0.05, 0) is 66.8 Å². The maximum Gasteiger partial charge on any atom is 0.150 e. The van der Waals surface area contributed by atoms with Gasteiger partial charge in [-0.1, -0.05) is 94.3 Å². The molecule has 3 heterocycles. The van der Waals surface area contributed by atoms with Crippen molar-refractivity contribution in [1.29, 1.82) is 0 Å². The van der Waals surface area contributed by atoms with E-state index in [1.54, 1.807) is 0 Å². The minimum absolute atomic E-state index is 1.08. The molecule has 0 amide bonds. The number of fused-ring (bicyclic) bond motifs is 2. The molecular weight excluding hydrogens is 518 g/mol. The van der Waals surface area contributed by atoms with Crippen molar-refractivity contribution in [1.82, 2.24) is 9.80 Å². The van der Waals surface area contributed by atoms with Crippen molar-refractivity contribution < 1.29 is 0 Å². The van der Waals surface area contributed by atoms with E-state index in [1.165, 1.54) is 103 Å². The Labute approximate surface area is 253 Å². The molecule has 0 spiro atoms. The van der Waals surface area contributed by atoms with Crippen LogP contribution < -0.4 is 9.80 Å². The second kappa shape index (κ2) is 15.9. The molecule has 0 atom stereocenters. The molecule has 5 rings (SSSR count). The molecule has 3 aliphatic rings. The highest BCUT2D eigenvalue weighted by Crippen LogP contribution is 2.47. The van der Waals surface area contributed by atoms with E-state index >= 15 is 0 Å². The predicted octanol–water partition coefficient (Wildman–Crippen LogP) is 10.4. The van der Waals surface area contributed by atoms with Gasteiger partial charge in [0.1, 0.15) is 18.9 Å². The molecule has 0 fully saturated rings. The molecule has 0 aliphatic carbocycles. The van der Waals surface area contributed by atoms with Crippen LogP contribution in [0.15, 0.2) is 119 Å². The minimum Gasteiger partial charge on any atom is -0.354 e. The first-order valence-corrected chi connectivity index (χ1v) is 16.8. The number of anilines is 2. The molecule has 1 radical (unpaired) electrons. The Morgan fingerprint density at radius 2 is 1.07 bits per heavy atom. The van der Waals surface area contributed by atoms with Crippen LogP contribution in [-0.2, 0) is 0 Å². The van der Waals surface area contributed by atoms with Crippen LogP contribution in [-0.4, -0.2) is 24.5 Å². The van der Waals surface area contributed by atoms with Gasteiger partial charge in [-0.3, -0.25) is 0 Å². The van der Waals surface area contributed by atoms with Crippen LogP contribution in [0, 0.1) is 0 Å². The molecule has 0 unspecified atom stereocenters. The van der Waals surface area contributed by atoms with Crippen LogP contribution in [0.5, 0.6) is 0 Å². The zero-order chi connectivity index (χ0) is 28.1. The summed E-state index contributed by atoms with van der Waals surface area (Å²) in [5.74, 6) is 0. The van der Waals surface area contributed by atoms with Crippen molar-refractivity contribution in [2.75, 3.05) is 24.5 Å². The van der Waals surface area contributed by atoms with Gasteiger partial charge < -0.3 is 9.80 Å². The molecule has 0 bridgehead atoms. The summed E-state index contributed by atoms with van der Waals surface area (Å²) in [6.07, 6.45) is 32.4. The molecule has 0 aromatic heterocycles. The van der Waals surface area contributed by atoms with Gasteiger partial charge in [-0.25, -0.2) is 0 Å².